The van der Waals surface area contributed by atoms with E-state index in [2.05, 4.69) is 17.5 Å². The van der Waals surface area contributed by atoms with Gasteiger partial charge in [0.15, 0.2) is 0 Å². The second-order valence-electron chi connectivity index (χ2n) is 8.12. The normalized spacial score (nSPS) is 37.3. The highest BCUT2D eigenvalue weighted by Gasteiger charge is 2.67. The number of hydrogen-bond donors (Lipinski definition) is 1. The topological polar surface area (TPSA) is 66.5 Å². The molecule has 0 unspecified atom stereocenters. The summed E-state index contributed by atoms with van der Waals surface area (Å²) in [6.45, 7) is 1.73. The van der Waals surface area contributed by atoms with Crippen LogP contribution in [0.25, 0.3) is 0 Å². The summed E-state index contributed by atoms with van der Waals surface area (Å²) in [5.74, 6) is 0.503. The van der Waals surface area contributed by atoms with Crippen LogP contribution in [0.15, 0.2) is 42.5 Å². The lowest BCUT2D eigenvalue weighted by Gasteiger charge is -2.37. The minimum Gasteiger partial charge on any atom is -0.348 e. The van der Waals surface area contributed by atoms with Crippen molar-refractivity contribution in [3.05, 3.63) is 48.0 Å². The Kier molecular flexibility index (Phi) is 3.36. The average molecular weight is 350 g/mol. The van der Waals surface area contributed by atoms with Crippen molar-refractivity contribution in [3.8, 4) is 0 Å². The number of allylic oxidation sites excluding steroid dienone is 2. The first-order valence-corrected chi connectivity index (χ1v) is 9.44. The van der Waals surface area contributed by atoms with Gasteiger partial charge in [-0.15, -0.1) is 0 Å². The summed E-state index contributed by atoms with van der Waals surface area (Å²) in [5, 5.41) is 2.90. The second-order valence-corrected chi connectivity index (χ2v) is 8.12. The number of amides is 3. The van der Waals surface area contributed by atoms with E-state index in [4.69, 9.17) is 0 Å². The summed E-state index contributed by atoms with van der Waals surface area (Å²) in [6, 6.07) is 9.50. The van der Waals surface area contributed by atoms with Gasteiger partial charge in [0.1, 0.15) is 6.54 Å². The molecule has 5 nitrogen and oxygen atoms in total. The Hall–Kier alpha value is -2.43. The Bertz CT molecular complexity index is 782. The number of hydrogen-bond acceptors (Lipinski definition) is 3. The molecule has 3 amide bonds. The molecule has 1 aromatic rings. The molecule has 1 aliphatic heterocycles. The highest BCUT2D eigenvalue weighted by molar-refractivity contribution is 6.08. The highest BCUT2D eigenvalue weighted by atomic mass is 16.2. The summed E-state index contributed by atoms with van der Waals surface area (Å²) >= 11 is 0. The lowest BCUT2D eigenvalue weighted by molar-refractivity contribution is -0.144. The fourth-order valence-corrected chi connectivity index (χ4v) is 5.43. The molecule has 1 heterocycles. The van der Waals surface area contributed by atoms with Gasteiger partial charge in [0.25, 0.3) is 0 Å². The molecular weight excluding hydrogens is 328 g/mol. The van der Waals surface area contributed by atoms with E-state index in [0.717, 1.165) is 12.0 Å². The van der Waals surface area contributed by atoms with Gasteiger partial charge in [0.05, 0.1) is 17.9 Å². The number of carbonyl (C=O) groups excluding carboxylic acids is 3. The Morgan fingerprint density at radius 3 is 2.23 bits per heavy atom. The molecule has 3 fully saturated rings. The van der Waals surface area contributed by atoms with E-state index in [-0.39, 0.29) is 54.0 Å². The van der Waals surface area contributed by atoms with Gasteiger partial charge < -0.3 is 5.32 Å². The Balaban J connectivity index is 1.29. The predicted octanol–water partition coefficient (Wildman–Crippen LogP) is 1.92. The van der Waals surface area contributed by atoms with Crippen LogP contribution in [-0.2, 0) is 14.4 Å². The number of carbonyl (C=O) groups is 3. The molecule has 0 aromatic heterocycles. The van der Waals surface area contributed by atoms with E-state index < -0.39 is 0 Å². The van der Waals surface area contributed by atoms with Crippen LogP contribution in [0.3, 0.4) is 0 Å². The fraction of sp³-hybridized carbons (Fsp3) is 0.476. The summed E-state index contributed by atoms with van der Waals surface area (Å²) in [5.41, 5.74) is 0.996. The molecule has 1 saturated heterocycles. The Labute approximate surface area is 152 Å². The highest BCUT2D eigenvalue weighted by Crippen LogP contribution is 2.65. The molecule has 7 atom stereocenters. The summed E-state index contributed by atoms with van der Waals surface area (Å²) in [7, 11) is 0. The van der Waals surface area contributed by atoms with Crippen molar-refractivity contribution in [2.24, 2.45) is 35.5 Å². The number of rotatable bonds is 4. The van der Waals surface area contributed by atoms with Gasteiger partial charge in [-0.3, -0.25) is 19.3 Å². The molecule has 0 radical (unpaired) electrons. The van der Waals surface area contributed by atoms with Crippen molar-refractivity contribution in [2.75, 3.05) is 6.54 Å². The van der Waals surface area contributed by atoms with Crippen LogP contribution in [0, 0.1) is 35.5 Å². The standard InChI is InChI=1S/C21H22N2O3/c1-11(12-5-3-2-4-6-12)22-17(24)10-23-20(25)18-13-7-8-14(16-9-15(13)16)19(18)21(23)26/h2-8,11,13-16,18-19H,9-10H2,1H3,(H,22,24)/t11-,13-,14-,15-,16+,18-,19+/m0/s1. The SMILES string of the molecule is C[C@H](NC(=O)CN1C(=O)[C@@H]2[C@H]3C=C[C@@H]([C@@H]4C[C@H]34)[C@@H]2C1=O)c1ccccc1. The van der Waals surface area contributed by atoms with Crippen molar-refractivity contribution in [1.82, 2.24) is 10.2 Å². The third-order valence-corrected chi connectivity index (χ3v) is 6.73. The van der Waals surface area contributed by atoms with Crippen LogP contribution in [0.2, 0.25) is 0 Å². The summed E-state index contributed by atoms with van der Waals surface area (Å²) in [4.78, 5) is 39.4. The fourth-order valence-electron chi connectivity index (χ4n) is 5.43. The zero-order valence-electron chi connectivity index (χ0n) is 14.7. The molecule has 2 saturated carbocycles. The number of imide groups is 1. The lowest BCUT2D eigenvalue weighted by atomic mass is 9.63. The number of likely N-dealkylation sites (tertiary alicyclic amines) is 1. The third kappa shape index (κ3) is 2.19. The number of nitrogens with zero attached hydrogens (tertiary/aromatic N) is 1. The number of benzene rings is 1. The van der Waals surface area contributed by atoms with Gasteiger partial charge in [-0.1, -0.05) is 42.5 Å². The molecule has 5 heteroatoms. The second kappa shape index (κ2) is 5.53. The molecule has 1 aromatic carbocycles. The largest absolute Gasteiger partial charge is 0.348 e. The van der Waals surface area contributed by atoms with Crippen LogP contribution in [0.4, 0.5) is 0 Å². The lowest BCUT2D eigenvalue weighted by Crippen LogP contribution is -2.42. The maximum Gasteiger partial charge on any atom is 0.240 e. The van der Waals surface area contributed by atoms with E-state index in [1.54, 1.807) is 0 Å². The Morgan fingerprint density at radius 1 is 1.08 bits per heavy atom. The van der Waals surface area contributed by atoms with E-state index in [0.29, 0.717) is 11.8 Å². The first-order chi connectivity index (χ1) is 12.6. The minimum atomic E-state index is -0.285. The van der Waals surface area contributed by atoms with E-state index >= 15 is 0 Å². The van der Waals surface area contributed by atoms with Crippen molar-refractivity contribution in [1.29, 1.82) is 0 Å². The van der Waals surface area contributed by atoms with Crippen LogP contribution in [-0.4, -0.2) is 29.2 Å². The van der Waals surface area contributed by atoms with Crippen LogP contribution < -0.4 is 5.32 Å². The molecule has 0 spiro atoms. The molecule has 1 N–H and O–H groups in total. The predicted molar refractivity (Wildman–Crippen MR) is 94.4 cm³/mol. The van der Waals surface area contributed by atoms with Crippen LogP contribution >= 0.6 is 0 Å². The maximum absolute atomic E-state index is 12.9. The zero-order chi connectivity index (χ0) is 18.0. The van der Waals surface area contributed by atoms with Crippen molar-refractivity contribution in [2.45, 2.75) is 19.4 Å². The minimum absolute atomic E-state index is 0.146. The molecule has 6 rings (SSSR count). The van der Waals surface area contributed by atoms with Crippen LogP contribution in [0.5, 0.6) is 0 Å². The molecule has 5 aliphatic rings. The molecule has 4 aliphatic carbocycles. The first kappa shape index (κ1) is 15.8. The maximum atomic E-state index is 12.9. The van der Waals surface area contributed by atoms with Gasteiger partial charge in [-0.2, -0.15) is 0 Å². The van der Waals surface area contributed by atoms with Gasteiger partial charge in [0.2, 0.25) is 17.7 Å². The van der Waals surface area contributed by atoms with Crippen molar-refractivity contribution >= 4 is 17.7 Å². The van der Waals surface area contributed by atoms with Gasteiger partial charge in [-0.25, -0.2) is 0 Å². The number of nitrogens with one attached hydrogen (secondary N) is 1. The van der Waals surface area contributed by atoms with Crippen molar-refractivity contribution in [3.63, 3.8) is 0 Å². The third-order valence-electron chi connectivity index (χ3n) is 6.73. The quantitative estimate of drug-likeness (QED) is 0.666. The van der Waals surface area contributed by atoms with E-state index in [1.165, 1.54) is 4.90 Å². The van der Waals surface area contributed by atoms with Gasteiger partial charge in [0, 0.05) is 0 Å². The molecule has 2 bridgehead atoms. The molecular formula is C21H22N2O3. The van der Waals surface area contributed by atoms with Crippen molar-refractivity contribution < 1.29 is 14.4 Å². The summed E-state index contributed by atoms with van der Waals surface area (Å²) in [6.07, 6.45) is 5.43. The van der Waals surface area contributed by atoms with Gasteiger partial charge >= 0.3 is 0 Å². The monoisotopic (exact) mass is 350 g/mol. The van der Waals surface area contributed by atoms with E-state index in [1.807, 2.05) is 37.3 Å². The Morgan fingerprint density at radius 2 is 1.65 bits per heavy atom. The zero-order valence-corrected chi connectivity index (χ0v) is 14.7. The first-order valence-electron chi connectivity index (χ1n) is 9.44. The average Bonchev–Trinajstić information content (AvgIpc) is 3.43. The molecule has 26 heavy (non-hydrogen) atoms. The summed E-state index contributed by atoms with van der Waals surface area (Å²) < 4.78 is 0. The van der Waals surface area contributed by atoms with Crippen LogP contribution in [0.1, 0.15) is 24.9 Å². The van der Waals surface area contributed by atoms with E-state index in [9.17, 15) is 14.4 Å². The van der Waals surface area contributed by atoms with Gasteiger partial charge in [-0.05, 0) is 42.6 Å². The molecule has 134 valence electrons. The smallest absolute Gasteiger partial charge is 0.240 e.